The first-order valence-electron chi connectivity index (χ1n) is 6.96. The standard InChI is InChI=1S/C17H20O3/c1-2-3-4-7-12-10-15(19)17(16(20)11-12)13-8-5-6-9-14(13)18/h5-6,8-11,18-20H,2-4,7H2,1H3. The van der Waals surface area contributed by atoms with Gasteiger partial charge < -0.3 is 15.3 Å². The van der Waals surface area contributed by atoms with Crippen LogP contribution in [-0.2, 0) is 6.42 Å². The SMILES string of the molecule is CCCCCc1cc(O)c(-c2ccccc2O)c(O)c1. The Hall–Kier alpha value is -2.16. The van der Waals surface area contributed by atoms with Crippen LogP contribution in [0.2, 0.25) is 0 Å². The third kappa shape index (κ3) is 3.05. The summed E-state index contributed by atoms with van der Waals surface area (Å²) in [7, 11) is 0. The van der Waals surface area contributed by atoms with Gasteiger partial charge in [0.05, 0.1) is 5.56 Å². The van der Waals surface area contributed by atoms with E-state index in [9.17, 15) is 15.3 Å². The molecule has 2 aromatic rings. The number of aryl methyl sites for hydroxylation is 1. The zero-order valence-electron chi connectivity index (χ0n) is 11.6. The van der Waals surface area contributed by atoms with Crippen molar-refractivity contribution < 1.29 is 15.3 Å². The molecule has 0 saturated heterocycles. The van der Waals surface area contributed by atoms with Crippen LogP contribution in [0.15, 0.2) is 36.4 Å². The predicted molar refractivity (Wildman–Crippen MR) is 80.1 cm³/mol. The summed E-state index contributed by atoms with van der Waals surface area (Å²) in [5.74, 6) is 0.0350. The fourth-order valence-electron chi connectivity index (χ4n) is 2.35. The van der Waals surface area contributed by atoms with Gasteiger partial charge in [-0.15, -0.1) is 0 Å². The Bertz CT molecular complexity index is 568. The van der Waals surface area contributed by atoms with Gasteiger partial charge in [-0.2, -0.15) is 0 Å². The van der Waals surface area contributed by atoms with Gasteiger partial charge in [0.1, 0.15) is 17.2 Å². The van der Waals surface area contributed by atoms with Crippen LogP contribution in [0.25, 0.3) is 11.1 Å². The first-order chi connectivity index (χ1) is 9.63. The number of para-hydroxylation sites is 1. The molecule has 0 aliphatic rings. The minimum Gasteiger partial charge on any atom is -0.507 e. The van der Waals surface area contributed by atoms with E-state index in [1.54, 1.807) is 30.3 Å². The normalized spacial score (nSPS) is 10.7. The molecule has 0 aliphatic heterocycles. The Kier molecular flexibility index (Phi) is 4.51. The van der Waals surface area contributed by atoms with Crippen LogP contribution in [0.5, 0.6) is 17.2 Å². The molecule has 2 rings (SSSR count). The lowest BCUT2D eigenvalue weighted by molar-refractivity contribution is 0.448. The molecule has 3 nitrogen and oxygen atoms in total. The highest BCUT2D eigenvalue weighted by atomic mass is 16.3. The van der Waals surface area contributed by atoms with Gasteiger partial charge in [-0.05, 0) is 36.6 Å². The number of hydrogen-bond donors (Lipinski definition) is 3. The molecule has 0 fully saturated rings. The van der Waals surface area contributed by atoms with Gasteiger partial charge in [0.2, 0.25) is 0 Å². The maximum absolute atomic E-state index is 10.1. The molecule has 0 radical (unpaired) electrons. The molecule has 0 heterocycles. The Labute approximate surface area is 119 Å². The molecule has 0 spiro atoms. The van der Waals surface area contributed by atoms with Gasteiger partial charge in [0.25, 0.3) is 0 Å². The van der Waals surface area contributed by atoms with Gasteiger partial charge >= 0.3 is 0 Å². The Morgan fingerprint density at radius 1 is 0.850 bits per heavy atom. The Balaban J connectivity index is 2.34. The van der Waals surface area contributed by atoms with E-state index in [0.717, 1.165) is 31.2 Å². The summed E-state index contributed by atoms with van der Waals surface area (Å²) < 4.78 is 0. The second-order valence-corrected chi connectivity index (χ2v) is 4.98. The van der Waals surface area contributed by atoms with Crippen molar-refractivity contribution in [2.24, 2.45) is 0 Å². The summed E-state index contributed by atoms with van der Waals surface area (Å²) >= 11 is 0. The van der Waals surface area contributed by atoms with Crippen LogP contribution in [0, 0.1) is 0 Å². The molecule has 3 N–H and O–H groups in total. The van der Waals surface area contributed by atoms with E-state index in [4.69, 9.17) is 0 Å². The fourth-order valence-corrected chi connectivity index (χ4v) is 2.35. The molecule has 0 aromatic heterocycles. The monoisotopic (exact) mass is 272 g/mol. The first kappa shape index (κ1) is 14.3. The van der Waals surface area contributed by atoms with Gasteiger partial charge in [0, 0.05) is 5.56 Å². The van der Waals surface area contributed by atoms with Crippen LogP contribution in [-0.4, -0.2) is 15.3 Å². The van der Waals surface area contributed by atoms with Crippen LogP contribution in [0.3, 0.4) is 0 Å². The van der Waals surface area contributed by atoms with Crippen LogP contribution in [0.4, 0.5) is 0 Å². The van der Waals surface area contributed by atoms with Crippen molar-refractivity contribution in [3.05, 3.63) is 42.0 Å². The Morgan fingerprint density at radius 3 is 2.10 bits per heavy atom. The first-order valence-corrected chi connectivity index (χ1v) is 6.96. The molecular weight excluding hydrogens is 252 g/mol. The fraction of sp³-hybridized carbons (Fsp3) is 0.294. The molecule has 0 amide bonds. The van der Waals surface area contributed by atoms with E-state index in [1.165, 1.54) is 6.07 Å². The minimum atomic E-state index is -0.00185. The molecule has 0 saturated carbocycles. The second kappa shape index (κ2) is 6.33. The zero-order valence-corrected chi connectivity index (χ0v) is 11.6. The maximum atomic E-state index is 10.1. The second-order valence-electron chi connectivity index (χ2n) is 4.98. The summed E-state index contributed by atoms with van der Waals surface area (Å²) in [6.45, 7) is 2.14. The van der Waals surface area contributed by atoms with Crippen molar-refractivity contribution in [1.82, 2.24) is 0 Å². The van der Waals surface area contributed by atoms with Gasteiger partial charge in [-0.1, -0.05) is 38.0 Å². The zero-order chi connectivity index (χ0) is 14.5. The van der Waals surface area contributed by atoms with Gasteiger partial charge in [0.15, 0.2) is 0 Å². The van der Waals surface area contributed by atoms with Crippen LogP contribution < -0.4 is 0 Å². The molecule has 0 unspecified atom stereocenters. The highest BCUT2D eigenvalue weighted by molar-refractivity contribution is 5.80. The number of phenols is 3. The summed E-state index contributed by atoms with van der Waals surface area (Å²) in [4.78, 5) is 0. The van der Waals surface area contributed by atoms with Crippen molar-refractivity contribution >= 4 is 0 Å². The van der Waals surface area contributed by atoms with Crippen LogP contribution in [0.1, 0.15) is 31.7 Å². The molecule has 0 aliphatic carbocycles. The Morgan fingerprint density at radius 2 is 1.50 bits per heavy atom. The number of phenolic OH excluding ortho intramolecular Hbond substituents is 3. The van der Waals surface area contributed by atoms with Crippen molar-refractivity contribution in [2.45, 2.75) is 32.6 Å². The highest BCUT2D eigenvalue weighted by Crippen LogP contribution is 2.42. The number of benzene rings is 2. The largest absolute Gasteiger partial charge is 0.507 e. The molecule has 106 valence electrons. The smallest absolute Gasteiger partial charge is 0.127 e. The average Bonchev–Trinajstić information content (AvgIpc) is 2.40. The van der Waals surface area contributed by atoms with Gasteiger partial charge in [-0.3, -0.25) is 0 Å². The lowest BCUT2D eigenvalue weighted by atomic mass is 9.98. The van der Waals surface area contributed by atoms with Crippen molar-refractivity contribution in [3.8, 4) is 28.4 Å². The lowest BCUT2D eigenvalue weighted by Crippen LogP contribution is -1.89. The average molecular weight is 272 g/mol. The topological polar surface area (TPSA) is 60.7 Å². The molecule has 2 aromatic carbocycles. The number of unbranched alkanes of at least 4 members (excludes halogenated alkanes) is 2. The van der Waals surface area contributed by atoms with Crippen LogP contribution >= 0.6 is 0 Å². The lowest BCUT2D eigenvalue weighted by Gasteiger charge is -2.11. The molecule has 3 heteroatoms. The van der Waals surface area contributed by atoms with E-state index in [-0.39, 0.29) is 22.8 Å². The molecular formula is C17H20O3. The molecule has 0 bridgehead atoms. The predicted octanol–water partition coefficient (Wildman–Crippen LogP) is 4.20. The maximum Gasteiger partial charge on any atom is 0.127 e. The molecule has 0 atom stereocenters. The van der Waals surface area contributed by atoms with E-state index in [0.29, 0.717) is 5.56 Å². The number of aromatic hydroxyl groups is 3. The summed E-state index contributed by atoms with van der Waals surface area (Å²) in [5, 5.41) is 30.1. The summed E-state index contributed by atoms with van der Waals surface area (Å²) in [6, 6.07) is 9.98. The van der Waals surface area contributed by atoms with Crippen molar-refractivity contribution in [1.29, 1.82) is 0 Å². The number of rotatable bonds is 5. The van der Waals surface area contributed by atoms with E-state index in [2.05, 4.69) is 6.92 Å². The quantitative estimate of drug-likeness (QED) is 0.715. The van der Waals surface area contributed by atoms with Crippen molar-refractivity contribution in [2.75, 3.05) is 0 Å². The van der Waals surface area contributed by atoms with Crippen molar-refractivity contribution in [3.63, 3.8) is 0 Å². The van der Waals surface area contributed by atoms with E-state index in [1.807, 2.05) is 0 Å². The summed E-state index contributed by atoms with van der Waals surface area (Å²) in [5.41, 5.74) is 1.62. The highest BCUT2D eigenvalue weighted by Gasteiger charge is 2.14. The van der Waals surface area contributed by atoms with E-state index >= 15 is 0 Å². The number of hydrogen-bond acceptors (Lipinski definition) is 3. The summed E-state index contributed by atoms with van der Waals surface area (Å²) in [6.07, 6.45) is 4.12. The van der Waals surface area contributed by atoms with E-state index < -0.39 is 0 Å². The minimum absolute atomic E-state index is 0.00185. The third-order valence-corrected chi connectivity index (χ3v) is 3.40. The molecule has 20 heavy (non-hydrogen) atoms. The van der Waals surface area contributed by atoms with Gasteiger partial charge in [-0.25, -0.2) is 0 Å². The third-order valence-electron chi connectivity index (χ3n) is 3.40.